The highest BCUT2D eigenvalue weighted by molar-refractivity contribution is 7.38. The van der Waals surface area contributed by atoms with Gasteiger partial charge in [-0.15, -0.1) is 0 Å². The molecule has 0 aliphatic heterocycles. The number of hydrogen-bond donors (Lipinski definition) is 2. The van der Waals surface area contributed by atoms with Gasteiger partial charge in [0, 0.05) is 12.1 Å². The van der Waals surface area contributed by atoms with E-state index in [4.69, 9.17) is 10.6 Å². The lowest BCUT2D eigenvalue weighted by atomic mass is 10.00. The standard InChI is InChI=1S/C10H13F3NO2P/c11-10(12,13)9-3-1-7(2-4-9)8(5-14)6-17(15)16/h1-4,8,17H,5-6,14H2,(H,15,16). The Labute approximate surface area is 97.3 Å². The van der Waals surface area contributed by atoms with Crippen molar-refractivity contribution in [1.29, 1.82) is 0 Å². The van der Waals surface area contributed by atoms with Gasteiger partial charge in [0.25, 0.3) is 0 Å². The molecule has 17 heavy (non-hydrogen) atoms. The third kappa shape index (κ3) is 4.15. The van der Waals surface area contributed by atoms with Crippen molar-refractivity contribution in [1.82, 2.24) is 0 Å². The molecule has 2 atom stereocenters. The summed E-state index contributed by atoms with van der Waals surface area (Å²) in [5, 5.41) is 0. The van der Waals surface area contributed by atoms with Crippen LogP contribution in [-0.4, -0.2) is 17.6 Å². The van der Waals surface area contributed by atoms with Crippen molar-refractivity contribution in [2.24, 2.45) is 5.73 Å². The SMILES string of the molecule is NCC(C[PH](=O)O)c1ccc(C(F)(F)F)cc1. The largest absolute Gasteiger partial charge is 0.416 e. The molecule has 1 aromatic carbocycles. The van der Waals surface area contributed by atoms with Gasteiger partial charge in [-0.1, -0.05) is 12.1 Å². The van der Waals surface area contributed by atoms with E-state index in [1.165, 1.54) is 12.1 Å². The molecule has 0 spiro atoms. The van der Waals surface area contributed by atoms with Crippen LogP contribution in [0, 0.1) is 0 Å². The zero-order valence-corrected chi connectivity index (χ0v) is 9.87. The van der Waals surface area contributed by atoms with Crippen molar-refractivity contribution < 1.29 is 22.6 Å². The topological polar surface area (TPSA) is 63.3 Å². The Balaban J connectivity index is 2.89. The first kappa shape index (κ1) is 14.2. The molecule has 2 unspecified atom stereocenters. The number of benzene rings is 1. The summed E-state index contributed by atoms with van der Waals surface area (Å²) in [7, 11) is -2.68. The van der Waals surface area contributed by atoms with Gasteiger partial charge in [0.15, 0.2) is 8.03 Å². The summed E-state index contributed by atoms with van der Waals surface area (Å²) in [4.78, 5) is 8.81. The van der Waals surface area contributed by atoms with Gasteiger partial charge in [0.2, 0.25) is 0 Å². The summed E-state index contributed by atoms with van der Waals surface area (Å²) >= 11 is 0. The lowest BCUT2D eigenvalue weighted by Crippen LogP contribution is -2.15. The van der Waals surface area contributed by atoms with Crippen LogP contribution in [-0.2, 0) is 10.7 Å². The van der Waals surface area contributed by atoms with Crippen molar-refractivity contribution in [3.05, 3.63) is 35.4 Å². The Morgan fingerprint density at radius 1 is 1.29 bits per heavy atom. The molecule has 0 saturated heterocycles. The van der Waals surface area contributed by atoms with E-state index in [2.05, 4.69) is 0 Å². The molecule has 0 amide bonds. The molecule has 0 heterocycles. The first-order valence-electron chi connectivity index (χ1n) is 4.93. The third-order valence-corrected chi connectivity index (χ3v) is 3.26. The van der Waals surface area contributed by atoms with E-state index < -0.39 is 19.8 Å². The van der Waals surface area contributed by atoms with Crippen LogP contribution in [0.25, 0.3) is 0 Å². The van der Waals surface area contributed by atoms with Crippen LogP contribution in [0.3, 0.4) is 0 Å². The van der Waals surface area contributed by atoms with Gasteiger partial charge in [0.1, 0.15) is 0 Å². The molecule has 0 bridgehead atoms. The fourth-order valence-electron chi connectivity index (χ4n) is 1.49. The van der Waals surface area contributed by atoms with Gasteiger partial charge in [-0.2, -0.15) is 13.2 Å². The average molecular weight is 267 g/mol. The second-order valence-corrected chi connectivity index (χ2v) is 4.85. The summed E-state index contributed by atoms with van der Waals surface area (Å²) < 4.78 is 47.6. The van der Waals surface area contributed by atoms with Crippen LogP contribution >= 0.6 is 8.03 Å². The fraction of sp³-hybridized carbons (Fsp3) is 0.400. The van der Waals surface area contributed by atoms with Crippen LogP contribution in [0.2, 0.25) is 0 Å². The van der Waals surface area contributed by atoms with Crippen LogP contribution in [0.1, 0.15) is 17.0 Å². The molecule has 3 N–H and O–H groups in total. The molecule has 7 heteroatoms. The zero-order chi connectivity index (χ0) is 13.1. The summed E-state index contributed by atoms with van der Waals surface area (Å²) in [6.07, 6.45) is -4.38. The molecule has 0 aliphatic carbocycles. The summed E-state index contributed by atoms with van der Waals surface area (Å²) in [6.45, 7) is 0.127. The highest BCUT2D eigenvalue weighted by Crippen LogP contribution is 2.31. The fourth-order valence-corrected chi connectivity index (χ4v) is 2.32. The van der Waals surface area contributed by atoms with Gasteiger partial charge in [0.05, 0.1) is 5.56 Å². The molecule has 0 saturated carbocycles. The predicted molar refractivity (Wildman–Crippen MR) is 59.3 cm³/mol. The average Bonchev–Trinajstić information content (AvgIpc) is 2.24. The smallest absolute Gasteiger partial charge is 0.346 e. The lowest BCUT2D eigenvalue weighted by molar-refractivity contribution is -0.137. The molecule has 0 fully saturated rings. The first-order valence-corrected chi connectivity index (χ1v) is 6.50. The monoisotopic (exact) mass is 267 g/mol. The Bertz CT molecular complexity index is 392. The number of nitrogens with two attached hydrogens (primary N) is 1. The minimum absolute atomic E-state index is 0.00741. The van der Waals surface area contributed by atoms with Crippen molar-refractivity contribution in [3.8, 4) is 0 Å². The van der Waals surface area contributed by atoms with Gasteiger partial charge < -0.3 is 10.6 Å². The van der Waals surface area contributed by atoms with Gasteiger partial charge in [-0.25, -0.2) is 0 Å². The normalized spacial score (nSPS) is 15.6. The first-order chi connectivity index (χ1) is 7.84. The third-order valence-electron chi connectivity index (χ3n) is 2.41. The number of rotatable bonds is 4. The van der Waals surface area contributed by atoms with E-state index in [0.29, 0.717) is 5.56 Å². The maximum Gasteiger partial charge on any atom is 0.416 e. The Morgan fingerprint density at radius 3 is 2.18 bits per heavy atom. The van der Waals surface area contributed by atoms with E-state index in [-0.39, 0.29) is 18.6 Å². The van der Waals surface area contributed by atoms with Crippen molar-refractivity contribution in [3.63, 3.8) is 0 Å². The summed E-state index contributed by atoms with van der Waals surface area (Å²) in [5.74, 6) is -0.381. The number of hydrogen-bond acceptors (Lipinski definition) is 2. The maximum absolute atomic E-state index is 12.3. The van der Waals surface area contributed by atoms with Crippen molar-refractivity contribution in [2.75, 3.05) is 12.7 Å². The van der Waals surface area contributed by atoms with Crippen LogP contribution in [0.15, 0.2) is 24.3 Å². The Kier molecular flexibility index (Phi) is 4.74. The molecule has 0 radical (unpaired) electrons. The van der Waals surface area contributed by atoms with Gasteiger partial charge in [-0.05, 0) is 24.2 Å². The molecular formula is C10H13F3NO2P. The van der Waals surface area contributed by atoms with E-state index in [0.717, 1.165) is 12.1 Å². The van der Waals surface area contributed by atoms with Crippen molar-refractivity contribution in [2.45, 2.75) is 12.1 Å². The molecule has 0 aliphatic rings. The molecule has 1 aromatic rings. The van der Waals surface area contributed by atoms with Crippen LogP contribution in [0.5, 0.6) is 0 Å². The summed E-state index contributed by atoms with van der Waals surface area (Å²) in [6, 6.07) is 4.50. The molecule has 3 nitrogen and oxygen atoms in total. The lowest BCUT2D eigenvalue weighted by Gasteiger charge is -2.14. The summed E-state index contributed by atoms with van der Waals surface area (Å²) in [5.41, 5.74) is 5.23. The van der Waals surface area contributed by atoms with E-state index in [1.54, 1.807) is 0 Å². The quantitative estimate of drug-likeness (QED) is 0.822. The van der Waals surface area contributed by atoms with E-state index in [9.17, 15) is 17.7 Å². The zero-order valence-electron chi connectivity index (χ0n) is 8.87. The maximum atomic E-state index is 12.3. The highest BCUT2D eigenvalue weighted by Gasteiger charge is 2.30. The van der Waals surface area contributed by atoms with E-state index >= 15 is 0 Å². The van der Waals surface area contributed by atoms with Gasteiger partial charge >= 0.3 is 6.18 Å². The van der Waals surface area contributed by atoms with Crippen LogP contribution in [0.4, 0.5) is 13.2 Å². The Hall–Kier alpha value is -0.840. The van der Waals surface area contributed by atoms with Gasteiger partial charge in [-0.3, -0.25) is 4.57 Å². The minimum Gasteiger partial charge on any atom is -0.346 e. The minimum atomic E-state index is -4.37. The second-order valence-electron chi connectivity index (χ2n) is 3.65. The van der Waals surface area contributed by atoms with E-state index in [1.807, 2.05) is 0 Å². The molecule has 0 aromatic heterocycles. The van der Waals surface area contributed by atoms with Crippen LogP contribution < -0.4 is 5.73 Å². The molecular weight excluding hydrogens is 254 g/mol. The Morgan fingerprint density at radius 2 is 1.82 bits per heavy atom. The molecule has 1 rings (SSSR count). The predicted octanol–water partition coefficient (Wildman–Crippen LogP) is 2.21. The molecule has 96 valence electrons. The second kappa shape index (κ2) is 5.67. The van der Waals surface area contributed by atoms with Crippen molar-refractivity contribution >= 4 is 8.03 Å². The highest BCUT2D eigenvalue weighted by atomic mass is 31.1. The number of halogens is 3. The number of alkyl halides is 3.